The van der Waals surface area contributed by atoms with Crippen molar-refractivity contribution in [3.8, 4) is 22.8 Å². The highest BCUT2D eigenvalue weighted by molar-refractivity contribution is 7.10. The maximum absolute atomic E-state index is 13.1. The van der Waals surface area contributed by atoms with Gasteiger partial charge in [-0.25, -0.2) is 9.37 Å². The third-order valence-electron chi connectivity index (χ3n) is 4.22. The van der Waals surface area contributed by atoms with Crippen molar-refractivity contribution in [1.82, 2.24) is 4.98 Å². The first-order valence-electron chi connectivity index (χ1n) is 9.25. The van der Waals surface area contributed by atoms with Gasteiger partial charge in [0.1, 0.15) is 10.8 Å². The first kappa shape index (κ1) is 20.1. The molecule has 0 saturated heterocycles. The normalized spacial score (nSPS) is 11.3. The first-order chi connectivity index (χ1) is 13.5. The predicted molar refractivity (Wildman–Crippen MR) is 114 cm³/mol. The lowest BCUT2D eigenvalue weighted by Gasteiger charge is -2.12. The monoisotopic (exact) mass is 397 g/mol. The summed E-state index contributed by atoms with van der Waals surface area (Å²) in [4.78, 5) is 4.60. The van der Waals surface area contributed by atoms with Crippen molar-refractivity contribution in [2.45, 2.75) is 20.3 Å². The Bertz CT molecular complexity index is 932. The summed E-state index contributed by atoms with van der Waals surface area (Å²) in [5, 5.41) is 2.86. The molecule has 0 bridgehead atoms. The maximum Gasteiger partial charge on any atom is 0.161 e. The lowest BCUT2D eigenvalue weighted by atomic mass is 10.1. The zero-order chi connectivity index (χ0) is 19.9. The lowest BCUT2D eigenvalue weighted by molar-refractivity contribution is 0.273. The standard InChI is InChI=1S/C23H24FNO2S/c1-16(2)12-13-27-21-10-4-17(14-22(21)26-3)5-11-23-25-20(15-28-23)18-6-8-19(24)9-7-18/h4-11,14-16H,12-13H2,1-3H3. The highest BCUT2D eigenvalue weighted by Gasteiger charge is 2.06. The number of halogens is 1. The van der Waals surface area contributed by atoms with Gasteiger partial charge < -0.3 is 9.47 Å². The number of methoxy groups -OCH3 is 1. The Kier molecular flexibility index (Phi) is 6.82. The second kappa shape index (κ2) is 9.51. The molecule has 0 amide bonds. The molecule has 0 radical (unpaired) electrons. The Hall–Kier alpha value is -2.66. The summed E-state index contributed by atoms with van der Waals surface area (Å²) in [5.41, 5.74) is 2.75. The third-order valence-corrected chi connectivity index (χ3v) is 5.03. The van der Waals surface area contributed by atoms with Crippen LogP contribution in [0.15, 0.2) is 47.8 Å². The molecule has 0 fully saturated rings. The average molecular weight is 398 g/mol. The van der Waals surface area contributed by atoms with Crippen LogP contribution in [0, 0.1) is 11.7 Å². The molecule has 0 saturated carbocycles. The van der Waals surface area contributed by atoms with Crippen molar-refractivity contribution >= 4 is 23.5 Å². The van der Waals surface area contributed by atoms with E-state index in [1.807, 2.05) is 35.7 Å². The Balaban J connectivity index is 1.69. The smallest absolute Gasteiger partial charge is 0.161 e. The minimum atomic E-state index is -0.246. The number of aromatic nitrogens is 1. The number of hydrogen-bond donors (Lipinski definition) is 0. The van der Waals surface area contributed by atoms with Gasteiger partial charge in [-0.15, -0.1) is 11.3 Å². The molecule has 0 unspecified atom stereocenters. The Morgan fingerprint density at radius 3 is 2.57 bits per heavy atom. The van der Waals surface area contributed by atoms with Crippen LogP contribution in [0.5, 0.6) is 11.5 Å². The number of ether oxygens (including phenoxy) is 2. The highest BCUT2D eigenvalue weighted by atomic mass is 32.1. The molecule has 1 aromatic heterocycles. The number of benzene rings is 2. The van der Waals surface area contributed by atoms with E-state index in [4.69, 9.17) is 9.47 Å². The average Bonchev–Trinajstić information content (AvgIpc) is 3.16. The summed E-state index contributed by atoms with van der Waals surface area (Å²) < 4.78 is 24.4. The fraction of sp³-hybridized carbons (Fsp3) is 0.261. The van der Waals surface area contributed by atoms with Gasteiger partial charge in [-0.1, -0.05) is 26.0 Å². The quantitative estimate of drug-likeness (QED) is 0.432. The van der Waals surface area contributed by atoms with Gasteiger partial charge in [-0.3, -0.25) is 0 Å². The lowest BCUT2D eigenvalue weighted by Crippen LogP contribution is -2.02. The summed E-state index contributed by atoms with van der Waals surface area (Å²) in [6, 6.07) is 12.3. The van der Waals surface area contributed by atoms with E-state index in [0.717, 1.165) is 39.7 Å². The van der Waals surface area contributed by atoms with E-state index in [9.17, 15) is 4.39 Å². The molecule has 1 heterocycles. The van der Waals surface area contributed by atoms with Crippen LogP contribution in [0.4, 0.5) is 4.39 Å². The van der Waals surface area contributed by atoms with Gasteiger partial charge in [-0.05, 0) is 60.4 Å². The minimum absolute atomic E-state index is 0.246. The largest absolute Gasteiger partial charge is 0.493 e. The van der Waals surface area contributed by atoms with Crippen LogP contribution in [0.25, 0.3) is 23.4 Å². The van der Waals surface area contributed by atoms with Crippen molar-refractivity contribution < 1.29 is 13.9 Å². The van der Waals surface area contributed by atoms with Crippen molar-refractivity contribution in [2.75, 3.05) is 13.7 Å². The Morgan fingerprint density at radius 1 is 1.07 bits per heavy atom. The van der Waals surface area contributed by atoms with Gasteiger partial charge in [0.25, 0.3) is 0 Å². The third kappa shape index (κ3) is 5.42. The van der Waals surface area contributed by atoms with E-state index in [-0.39, 0.29) is 5.82 Å². The van der Waals surface area contributed by atoms with Crippen LogP contribution < -0.4 is 9.47 Å². The maximum atomic E-state index is 13.1. The van der Waals surface area contributed by atoms with Crippen molar-refractivity contribution in [1.29, 1.82) is 0 Å². The van der Waals surface area contributed by atoms with Crippen LogP contribution in [0.1, 0.15) is 30.8 Å². The van der Waals surface area contributed by atoms with Crippen molar-refractivity contribution in [3.63, 3.8) is 0 Å². The van der Waals surface area contributed by atoms with E-state index < -0.39 is 0 Å². The molecule has 28 heavy (non-hydrogen) atoms. The van der Waals surface area contributed by atoms with Gasteiger partial charge in [0.05, 0.1) is 19.4 Å². The number of rotatable bonds is 8. The second-order valence-electron chi connectivity index (χ2n) is 6.85. The summed E-state index contributed by atoms with van der Waals surface area (Å²) in [6.07, 6.45) is 4.96. The fourth-order valence-electron chi connectivity index (χ4n) is 2.60. The summed E-state index contributed by atoms with van der Waals surface area (Å²) in [7, 11) is 1.65. The molecule has 0 N–H and O–H groups in total. The molecule has 0 spiro atoms. The van der Waals surface area contributed by atoms with Gasteiger partial charge >= 0.3 is 0 Å². The summed E-state index contributed by atoms with van der Waals surface area (Å²) >= 11 is 1.55. The van der Waals surface area contributed by atoms with Gasteiger partial charge in [-0.2, -0.15) is 0 Å². The molecule has 3 aromatic rings. The van der Waals surface area contributed by atoms with E-state index in [0.29, 0.717) is 12.5 Å². The van der Waals surface area contributed by atoms with E-state index in [1.165, 1.54) is 12.1 Å². The summed E-state index contributed by atoms with van der Waals surface area (Å²) in [5.74, 6) is 1.83. The molecule has 0 aliphatic heterocycles. The van der Waals surface area contributed by atoms with E-state index in [1.54, 1.807) is 30.6 Å². The fourth-order valence-corrected chi connectivity index (χ4v) is 3.32. The van der Waals surface area contributed by atoms with Crippen molar-refractivity contribution in [3.05, 3.63) is 64.2 Å². The Morgan fingerprint density at radius 2 is 1.86 bits per heavy atom. The summed E-state index contributed by atoms with van der Waals surface area (Å²) in [6.45, 7) is 5.03. The Labute approximate surface area is 169 Å². The minimum Gasteiger partial charge on any atom is -0.493 e. The van der Waals surface area contributed by atoms with Gasteiger partial charge in [0.15, 0.2) is 11.5 Å². The molecule has 2 aromatic carbocycles. The molecule has 0 atom stereocenters. The molecule has 0 aliphatic carbocycles. The second-order valence-corrected chi connectivity index (χ2v) is 7.74. The molecule has 3 nitrogen and oxygen atoms in total. The molecule has 0 aliphatic rings. The number of nitrogens with zero attached hydrogens (tertiary/aromatic N) is 1. The predicted octanol–water partition coefficient (Wildman–Crippen LogP) is 6.55. The van der Waals surface area contributed by atoms with Crippen LogP contribution >= 0.6 is 11.3 Å². The number of thiazole rings is 1. The SMILES string of the molecule is COc1cc(C=Cc2nc(-c3ccc(F)cc3)cs2)ccc1OCCC(C)C. The topological polar surface area (TPSA) is 31.4 Å². The van der Waals surface area contributed by atoms with Crippen LogP contribution in [-0.2, 0) is 0 Å². The van der Waals surface area contributed by atoms with Crippen LogP contribution in [-0.4, -0.2) is 18.7 Å². The zero-order valence-corrected chi connectivity index (χ0v) is 17.1. The molecular weight excluding hydrogens is 373 g/mol. The molecule has 3 rings (SSSR count). The van der Waals surface area contributed by atoms with Crippen LogP contribution in [0.3, 0.4) is 0 Å². The van der Waals surface area contributed by atoms with Gasteiger partial charge in [0, 0.05) is 10.9 Å². The van der Waals surface area contributed by atoms with Crippen LogP contribution in [0.2, 0.25) is 0 Å². The van der Waals surface area contributed by atoms with E-state index >= 15 is 0 Å². The first-order valence-corrected chi connectivity index (χ1v) is 10.1. The molecule has 146 valence electrons. The van der Waals surface area contributed by atoms with Gasteiger partial charge in [0.2, 0.25) is 0 Å². The highest BCUT2D eigenvalue weighted by Crippen LogP contribution is 2.29. The van der Waals surface area contributed by atoms with Crippen molar-refractivity contribution in [2.24, 2.45) is 5.92 Å². The zero-order valence-electron chi connectivity index (χ0n) is 16.3. The molecular formula is C23H24FNO2S. The van der Waals surface area contributed by atoms with E-state index in [2.05, 4.69) is 18.8 Å². The number of hydrogen-bond acceptors (Lipinski definition) is 4. The molecule has 5 heteroatoms.